The lowest BCUT2D eigenvalue weighted by atomic mass is 9.85. The molecule has 1 aliphatic heterocycles. The predicted octanol–water partition coefficient (Wildman–Crippen LogP) is 3.01. The molecule has 0 aromatic rings. The van der Waals surface area contributed by atoms with Crippen LogP contribution in [-0.4, -0.2) is 35.7 Å². The van der Waals surface area contributed by atoms with E-state index in [9.17, 15) is 4.79 Å². The molecule has 0 bridgehead atoms. The molecular weight excluding hydrogens is 240 g/mol. The summed E-state index contributed by atoms with van der Waals surface area (Å²) in [5.74, 6) is 0.973. The second kappa shape index (κ2) is 6.60. The van der Waals surface area contributed by atoms with Gasteiger partial charge in [0.15, 0.2) is 0 Å². The van der Waals surface area contributed by atoms with Crippen LogP contribution < -0.4 is 5.73 Å². The Bertz CT molecular complexity index is 295. The van der Waals surface area contributed by atoms with Gasteiger partial charge in [0.2, 0.25) is 0 Å². The van der Waals surface area contributed by atoms with Crippen LogP contribution in [0.1, 0.15) is 53.9 Å². The summed E-state index contributed by atoms with van der Waals surface area (Å²) in [4.78, 5) is 13.8. The van der Waals surface area contributed by atoms with E-state index in [-0.39, 0.29) is 12.1 Å². The maximum atomic E-state index is 12.0. The smallest absolute Gasteiger partial charge is 0.410 e. The van der Waals surface area contributed by atoms with Gasteiger partial charge in [0.1, 0.15) is 5.60 Å². The number of nitrogens with two attached hydrogens (primary N) is 1. The second-order valence-electron chi connectivity index (χ2n) is 6.63. The Balaban J connectivity index is 2.51. The monoisotopic (exact) mass is 270 g/mol. The molecular formula is C15H30N2O2. The number of nitrogens with zero attached hydrogens (tertiary/aromatic N) is 1. The van der Waals surface area contributed by atoms with Crippen molar-refractivity contribution in [3.63, 3.8) is 0 Å². The standard InChI is InChI=1S/C15H30N2O2/c1-6-11(7-2)13(16)12-8-9-17(10-12)14(18)19-15(3,4)5/h11-13H,6-10,16H2,1-5H3. The molecule has 1 fully saturated rings. The Morgan fingerprint density at radius 2 is 1.95 bits per heavy atom. The summed E-state index contributed by atoms with van der Waals surface area (Å²) in [6.45, 7) is 11.6. The van der Waals surface area contributed by atoms with Gasteiger partial charge >= 0.3 is 6.09 Å². The highest BCUT2D eigenvalue weighted by Crippen LogP contribution is 2.27. The van der Waals surface area contributed by atoms with Crippen LogP contribution in [0.3, 0.4) is 0 Å². The molecule has 1 heterocycles. The molecule has 4 nitrogen and oxygen atoms in total. The van der Waals surface area contributed by atoms with E-state index in [1.54, 1.807) is 4.90 Å². The zero-order valence-corrected chi connectivity index (χ0v) is 13.1. The van der Waals surface area contributed by atoms with Crippen LogP contribution in [0.2, 0.25) is 0 Å². The van der Waals surface area contributed by atoms with Crippen molar-refractivity contribution in [1.82, 2.24) is 4.90 Å². The summed E-state index contributed by atoms with van der Waals surface area (Å²) in [6.07, 6.45) is 3.02. The first-order chi connectivity index (χ1) is 8.78. The highest BCUT2D eigenvalue weighted by atomic mass is 16.6. The lowest BCUT2D eigenvalue weighted by Crippen LogP contribution is -2.40. The van der Waals surface area contributed by atoms with E-state index >= 15 is 0 Å². The highest BCUT2D eigenvalue weighted by Gasteiger charge is 2.34. The first-order valence-corrected chi connectivity index (χ1v) is 7.52. The minimum Gasteiger partial charge on any atom is -0.444 e. The van der Waals surface area contributed by atoms with Crippen LogP contribution in [0, 0.1) is 11.8 Å². The Morgan fingerprint density at radius 3 is 2.42 bits per heavy atom. The average molecular weight is 270 g/mol. The van der Waals surface area contributed by atoms with Crippen molar-refractivity contribution < 1.29 is 9.53 Å². The third kappa shape index (κ3) is 4.68. The minimum absolute atomic E-state index is 0.197. The first kappa shape index (κ1) is 16.3. The first-order valence-electron chi connectivity index (χ1n) is 7.52. The molecule has 4 heteroatoms. The van der Waals surface area contributed by atoms with Gasteiger partial charge in [-0.3, -0.25) is 0 Å². The number of amides is 1. The van der Waals surface area contributed by atoms with Crippen molar-refractivity contribution in [3.05, 3.63) is 0 Å². The number of hydrogen-bond acceptors (Lipinski definition) is 3. The molecule has 0 aromatic heterocycles. The predicted molar refractivity (Wildman–Crippen MR) is 78.0 cm³/mol. The van der Waals surface area contributed by atoms with Gasteiger partial charge in [-0.1, -0.05) is 26.7 Å². The van der Waals surface area contributed by atoms with E-state index in [1.165, 1.54) is 0 Å². The van der Waals surface area contributed by atoms with Crippen LogP contribution in [0.15, 0.2) is 0 Å². The fraction of sp³-hybridized carbons (Fsp3) is 0.933. The molecule has 2 N–H and O–H groups in total. The van der Waals surface area contributed by atoms with Gasteiger partial charge in [0.25, 0.3) is 0 Å². The van der Waals surface area contributed by atoms with E-state index in [4.69, 9.17) is 10.5 Å². The number of hydrogen-bond donors (Lipinski definition) is 1. The Morgan fingerprint density at radius 1 is 1.37 bits per heavy atom. The lowest BCUT2D eigenvalue weighted by Gasteiger charge is -2.28. The maximum Gasteiger partial charge on any atom is 0.410 e. The number of carbonyl (C=O) groups is 1. The van der Waals surface area contributed by atoms with E-state index in [1.807, 2.05) is 20.8 Å². The summed E-state index contributed by atoms with van der Waals surface area (Å²) in [5.41, 5.74) is 5.93. The molecule has 0 aromatic carbocycles. The van der Waals surface area contributed by atoms with Crippen molar-refractivity contribution in [2.24, 2.45) is 17.6 Å². The highest BCUT2D eigenvalue weighted by molar-refractivity contribution is 5.68. The van der Waals surface area contributed by atoms with Crippen LogP contribution in [0.4, 0.5) is 4.79 Å². The second-order valence-corrected chi connectivity index (χ2v) is 6.63. The molecule has 1 aliphatic rings. The molecule has 2 atom stereocenters. The van der Waals surface area contributed by atoms with Gasteiger partial charge in [0, 0.05) is 19.1 Å². The molecule has 0 radical (unpaired) electrons. The molecule has 0 spiro atoms. The van der Waals surface area contributed by atoms with Gasteiger partial charge in [-0.25, -0.2) is 4.79 Å². The van der Waals surface area contributed by atoms with E-state index in [0.717, 1.165) is 32.4 Å². The third-order valence-corrected chi connectivity index (χ3v) is 4.01. The lowest BCUT2D eigenvalue weighted by molar-refractivity contribution is 0.0284. The van der Waals surface area contributed by atoms with Crippen molar-refractivity contribution in [2.45, 2.75) is 65.5 Å². The summed E-state index contributed by atoms with van der Waals surface area (Å²) < 4.78 is 5.41. The van der Waals surface area contributed by atoms with Crippen molar-refractivity contribution in [2.75, 3.05) is 13.1 Å². The average Bonchev–Trinajstić information content (AvgIpc) is 2.77. The van der Waals surface area contributed by atoms with Crippen LogP contribution in [-0.2, 0) is 4.74 Å². The summed E-state index contributed by atoms with van der Waals surface area (Å²) >= 11 is 0. The molecule has 1 amide bonds. The largest absolute Gasteiger partial charge is 0.444 e. The molecule has 112 valence electrons. The molecule has 19 heavy (non-hydrogen) atoms. The van der Waals surface area contributed by atoms with Crippen molar-refractivity contribution >= 4 is 6.09 Å². The number of ether oxygens (including phenoxy) is 1. The molecule has 0 aliphatic carbocycles. The molecule has 0 saturated carbocycles. The fourth-order valence-electron chi connectivity index (χ4n) is 2.81. The Labute approximate surface area is 117 Å². The van der Waals surface area contributed by atoms with E-state index in [0.29, 0.717) is 11.8 Å². The summed E-state index contributed by atoms with van der Waals surface area (Å²) in [7, 11) is 0. The molecule has 2 unspecified atom stereocenters. The van der Waals surface area contributed by atoms with Crippen LogP contribution >= 0.6 is 0 Å². The van der Waals surface area contributed by atoms with Crippen molar-refractivity contribution in [3.8, 4) is 0 Å². The van der Waals surface area contributed by atoms with Gasteiger partial charge in [-0.05, 0) is 39.0 Å². The topological polar surface area (TPSA) is 55.6 Å². The molecule has 1 rings (SSSR count). The maximum absolute atomic E-state index is 12.0. The SMILES string of the molecule is CCC(CC)C(N)C1CCN(C(=O)OC(C)(C)C)C1. The minimum atomic E-state index is -0.424. The Hall–Kier alpha value is -0.770. The van der Waals surface area contributed by atoms with Crippen molar-refractivity contribution in [1.29, 1.82) is 0 Å². The van der Waals surface area contributed by atoms with Gasteiger partial charge in [0.05, 0.1) is 0 Å². The zero-order chi connectivity index (χ0) is 14.6. The number of carbonyl (C=O) groups excluding carboxylic acids is 1. The van der Waals surface area contributed by atoms with Gasteiger partial charge in [-0.2, -0.15) is 0 Å². The normalized spacial score (nSPS) is 21.8. The van der Waals surface area contributed by atoms with Gasteiger partial charge in [-0.15, -0.1) is 0 Å². The summed E-state index contributed by atoms with van der Waals surface area (Å²) in [6, 6.07) is 0.197. The van der Waals surface area contributed by atoms with Crippen LogP contribution in [0.25, 0.3) is 0 Å². The fourth-order valence-corrected chi connectivity index (χ4v) is 2.81. The van der Waals surface area contributed by atoms with E-state index in [2.05, 4.69) is 13.8 Å². The number of rotatable bonds is 4. The number of likely N-dealkylation sites (tertiary alicyclic amines) is 1. The third-order valence-electron chi connectivity index (χ3n) is 4.01. The quantitative estimate of drug-likeness (QED) is 0.854. The molecule has 1 saturated heterocycles. The zero-order valence-electron chi connectivity index (χ0n) is 13.1. The van der Waals surface area contributed by atoms with Gasteiger partial charge < -0.3 is 15.4 Å². The van der Waals surface area contributed by atoms with E-state index < -0.39 is 5.60 Å². The summed E-state index contributed by atoms with van der Waals surface area (Å²) in [5, 5.41) is 0. The Kier molecular flexibility index (Phi) is 5.65. The van der Waals surface area contributed by atoms with Crippen LogP contribution in [0.5, 0.6) is 0 Å².